The molecular weight excluding hydrogens is 228 g/mol. The van der Waals surface area contributed by atoms with E-state index < -0.39 is 0 Å². The molecule has 18 heavy (non-hydrogen) atoms. The smallest absolute Gasteiger partial charge is 0.174 e. The third-order valence-electron chi connectivity index (χ3n) is 2.81. The molecule has 0 radical (unpaired) electrons. The second-order valence-electron chi connectivity index (χ2n) is 4.28. The van der Waals surface area contributed by atoms with E-state index in [1.165, 1.54) is 0 Å². The molecule has 0 spiro atoms. The molecular formula is C14H18N2O2. The van der Waals surface area contributed by atoms with Crippen LogP contribution in [0.25, 0.3) is 0 Å². The Bertz CT molecular complexity index is 508. The Balaban J connectivity index is 2.09. The summed E-state index contributed by atoms with van der Waals surface area (Å²) in [6.45, 7) is 4.31. The molecule has 0 aliphatic rings. The van der Waals surface area contributed by atoms with Gasteiger partial charge in [-0.1, -0.05) is 30.3 Å². The maximum atomic E-state index is 6.05. The van der Waals surface area contributed by atoms with Crippen LogP contribution >= 0.6 is 0 Å². The number of rotatable bonds is 5. The van der Waals surface area contributed by atoms with Crippen molar-refractivity contribution in [3.05, 3.63) is 47.3 Å². The molecule has 1 aromatic heterocycles. The van der Waals surface area contributed by atoms with Gasteiger partial charge in [0, 0.05) is 17.7 Å². The summed E-state index contributed by atoms with van der Waals surface area (Å²) in [5, 5.41) is 3.82. The van der Waals surface area contributed by atoms with Gasteiger partial charge in [-0.15, -0.1) is 0 Å². The first-order valence-corrected chi connectivity index (χ1v) is 6.10. The number of para-hydroxylation sites is 1. The first kappa shape index (κ1) is 12.6. The molecule has 2 N–H and O–H groups in total. The van der Waals surface area contributed by atoms with Crippen molar-refractivity contribution >= 4 is 0 Å². The van der Waals surface area contributed by atoms with Gasteiger partial charge in [0.15, 0.2) is 5.76 Å². The molecule has 0 amide bonds. The van der Waals surface area contributed by atoms with Crippen molar-refractivity contribution in [2.45, 2.75) is 32.9 Å². The van der Waals surface area contributed by atoms with Gasteiger partial charge in [0.25, 0.3) is 0 Å². The Morgan fingerprint density at radius 2 is 2.17 bits per heavy atom. The van der Waals surface area contributed by atoms with E-state index >= 15 is 0 Å². The molecule has 4 heteroatoms. The van der Waals surface area contributed by atoms with Crippen LogP contribution in [0.5, 0.6) is 5.75 Å². The van der Waals surface area contributed by atoms with Crippen LogP contribution in [0.15, 0.2) is 34.9 Å². The standard InChI is InChI=1S/C14H18N2O2/c1-3-13(15)12-6-4-5-7-14(12)17-9-11-8-10(2)16-18-11/h4-8,13H,3,9,15H2,1-2H3/t13-/m0/s1. The van der Waals surface area contributed by atoms with Crippen LogP contribution < -0.4 is 10.5 Å². The van der Waals surface area contributed by atoms with Crippen molar-refractivity contribution in [2.75, 3.05) is 0 Å². The van der Waals surface area contributed by atoms with Gasteiger partial charge in [-0.3, -0.25) is 0 Å². The summed E-state index contributed by atoms with van der Waals surface area (Å²) in [5.41, 5.74) is 7.93. The first-order valence-electron chi connectivity index (χ1n) is 6.10. The highest BCUT2D eigenvalue weighted by Crippen LogP contribution is 2.26. The van der Waals surface area contributed by atoms with Gasteiger partial charge in [0.1, 0.15) is 12.4 Å². The minimum absolute atomic E-state index is 0.00216. The molecule has 0 aliphatic carbocycles. The number of ether oxygens (including phenoxy) is 1. The summed E-state index contributed by atoms with van der Waals surface area (Å²) in [7, 11) is 0. The van der Waals surface area contributed by atoms with Gasteiger partial charge in [-0.25, -0.2) is 0 Å². The average Bonchev–Trinajstić information content (AvgIpc) is 2.81. The second-order valence-corrected chi connectivity index (χ2v) is 4.28. The highest BCUT2D eigenvalue weighted by Gasteiger charge is 2.10. The third kappa shape index (κ3) is 2.90. The van der Waals surface area contributed by atoms with Gasteiger partial charge in [0.05, 0.1) is 5.69 Å². The first-order chi connectivity index (χ1) is 8.70. The Hall–Kier alpha value is -1.81. The molecule has 96 valence electrons. The van der Waals surface area contributed by atoms with Crippen molar-refractivity contribution < 1.29 is 9.26 Å². The minimum Gasteiger partial charge on any atom is -0.485 e. The van der Waals surface area contributed by atoms with Gasteiger partial charge < -0.3 is 15.0 Å². The number of benzene rings is 1. The number of hydrogen-bond acceptors (Lipinski definition) is 4. The average molecular weight is 246 g/mol. The molecule has 1 heterocycles. The zero-order valence-electron chi connectivity index (χ0n) is 10.7. The molecule has 2 aromatic rings. The topological polar surface area (TPSA) is 61.3 Å². The van der Waals surface area contributed by atoms with Crippen molar-refractivity contribution in [1.82, 2.24) is 5.16 Å². The molecule has 0 saturated carbocycles. The molecule has 1 aromatic carbocycles. The lowest BCUT2D eigenvalue weighted by atomic mass is 10.0. The lowest BCUT2D eigenvalue weighted by molar-refractivity contribution is 0.246. The number of aryl methyl sites for hydroxylation is 1. The predicted molar refractivity (Wildman–Crippen MR) is 69.2 cm³/mol. The molecule has 0 fully saturated rings. The van der Waals surface area contributed by atoms with Crippen molar-refractivity contribution in [1.29, 1.82) is 0 Å². The van der Waals surface area contributed by atoms with Crippen LogP contribution in [-0.2, 0) is 6.61 Å². The Labute approximate surface area is 107 Å². The number of nitrogens with two attached hydrogens (primary N) is 1. The molecule has 0 unspecified atom stereocenters. The van der Waals surface area contributed by atoms with Crippen molar-refractivity contribution in [3.8, 4) is 5.75 Å². The highest BCUT2D eigenvalue weighted by molar-refractivity contribution is 5.35. The zero-order valence-corrected chi connectivity index (χ0v) is 10.7. The van der Waals surface area contributed by atoms with Crippen molar-refractivity contribution in [2.24, 2.45) is 5.73 Å². The van der Waals surface area contributed by atoms with Gasteiger partial charge in [0.2, 0.25) is 0 Å². The SMILES string of the molecule is CC[C@H](N)c1ccccc1OCc1cc(C)no1. The Morgan fingerprint density at radius 1 is 1.39 bits per heavy atom. The summed E-state index contributed by atoms with van der Waals surface area (Å²) in [5.74, 6) is 1.52. The summed E-state index contributed by atoms with van der Waals surface area (Å²) < 4.78 is 10.9. The molecule has 0 aliphatic heterocycles. The van der Waals surface area contributed by atoms with Crippen molar-refractivity contribution in [3.63, 3.8) is 0 Å². The van der Waals surface area contributed by atoms with E-state index in [1.807, 2.05) is 37.3 Å². The van der Waals surface area contributed by atoms with E-state index in [2.05, 4.69) is 12.1 Å². The summed E-state index contributed by atoms with van der Waals surface area (Å²) in [6.07, 6.45) is 0.877. The zero-order chi connectivity index (χ0) is 13.0. The van der Waals surface area contributed by atoms with Gasteiger partial charge in [-0.2, -0.15) is 0 Å². The Kier molecular flexibility index (Phi) is 3.99. The summed E-state index contributed by atoms with van der Waals surface area (Å²) >= 11 is 0. The third-order valence-corrected chi connectivity index (χ3v) is 2.81. The summed E-state index contributed by atoms with van der Waals surface area (Å²) in [6, 6.07) is 9.69. The quantitative estimate of drug-likeness (QED) is 0.881. The summed E-state index contributed by atoms with van der Waals surface area (Å²) in [4.78, 5) is 0. The van der Waals surface area contributed by atoms with E-state index in [4.69, 9.17) is 15.0 Å². The van der Waals surface area contributed by atoms with E-state index in [0.29, 0.717) is 12.4 Å². The van der Waals surface area contributed by atoms with E-state index in [0.717, 1.165) is 23.4 Å². The fraction of sp³-hybridized carbons (Fsp3) is 0.357. The number of nitrogens with zero attached hydrogens (tertiary/aromatic N) is 1. The molecule has 0 saturated heterocycles. The van der Waals surface area contributed by atoms with E-state index in [9.17, 15) is 0 Å². The number of hydrogen-bond donors (Lipinski definition) is 1. The minimum atomic E-state index is -0.00216. The maximum Gasteiger partial charge on any atom is 0.174 e. The van der Waals surface area contributed by atoms with Crippen LogP contribution in [0.1, 0.15) is 36.4 Å². The predicted octanol–water partition coefficient (Wildman–Crippen LogP) is 2.97. The lowest BCUT2D eigenvalue weighted by Gasteiger charge is -2.14. The highest BCUT2D eigenvalue weighted by atomic mass is 16.5. The molecule has 4 nitrogen and oxygen atoms in total. The molecule has 1 atom stereocenters. The number of aromatic nitrogens is 1. The maximum absolute atomic E-state index is 6.05. The fourth-order valence-corrected chi connectivity index (χ4v) is 1.77. The van der Waals surface area contributed by atoms with Crippen LogP contribution in [-0.4, -0.2) is 5.16 Å². The molecule has 2 rings (SSSR count). The second kappa shape index (κ2) is 5.69. The lowest BCUT2D eigenvalue weighted by Crippen LogP contribution is -2.10. The Morgan fingerprint density at radius 3 is 2.83 bits per heavy atom. The van der Waals surface area contributed by atoms with E-state index in [1.54, 1.807) is 0 Å². The normalized spacial score (nSPS) is 12.4. The van der Waals surface area contributed by atoms with Crippen LogP contribution in [0.3, 0.4) is 0 Å². The largest absolute Gasteiger partial charge is 0.485 e. The van der Waals surface area contributed by atoms with Gasteiger partial charge in [-0.05, 0) is 19.4 Å². The molecule has 0 bridgehead atoms. The fourth-order valence-electron chi connectivity index (χ4n) is 1.77. The van der Waals surface area contributed by atoms with Crippen LogP contribution in [0.4, 0.5) is 0 Å². The van der Waals surface area contributed by atoms with Crippen LogP contribution in [0, 0.1) is 6.92 Å². The van der Waals surface area contributed by atoms with E-state index in [-0.39, 0.29) is 6.04 Å². The van der Waals surface area contributed by atoms with Gasteiger partial charge >= 0.3 is 0 Å². The monoisotopic (exact) mass is 246 g/mol. The van der Waals surface area contributed by atoms with Crippen LogP contribution in [0.2, 0.25) is 0 Å².